The SMILES string of the molecule is CCOC(=O)C1=NOC(c2ccccc2)(c2ccccc2)C1.COC(=O)c1ccc(I)cc1S(=O)(=O)[N-]C(=O)Nc1nc(C)nc(OC)n1.COc1cc(OC)nc(NC(=O)NS(=O)(=O)c2cc(NC=O)ccc2C(=O)N(C)C)n1.[Na+]. The van der Waals surface area contributed by atoms with E-state index in [0.29, 0.717) is 28.7 Å². The number of aryl methyl sites for hydroxylation is 1. The molecular weight excluding hydrogens is 1230 g/mol. The van der Waals surface area contributed by atoms with E-state index < -0.39 is 65.3 Å². The van der Waals surface area contributed by atoms with Crippen LogP contribution in [-0.2, 0) is 49.5 Å². The molecule has 0 saturated carbocycles. The van der Waals surface area contributed by atoms with Gasteiger partial charge in [-0.2, -0.15) is 19.9 Å². The fourth-order valence-corrected chi connectivity index (χ4v) is 9.71. The molecule has 0 spiro atoms. The Morgan fingerprint density at radius 3 is 1.88 bits per heavy atom. The van der Waals surface area contributed by atoms with E-state index in [9.17, 15) is 45.6 Å². The monoisotopic (exact) mass is 1280 g/mol. The van der Waals surface area contributed by atoms with Gasteiger partial charge in [-0.1, -0.05) is 65.8 Å². The van der Waals surface area contributed by atoms with E-state index in [0.717, 1.165) is 29.2 Å². The van der Waals surface area contributed by atoms with Crippen molar-refractivity contribution in [2.75, 3.05) is 65.1 Å². The van der Waals surface area contributed by atoms with E-state index in [1.165, 1.54) is 78.7 Å². The van der Waals surface area contributed by atoms with Gasteiger partial charge in [-0.25, -0.2) is 40.9 Å². The summed E-state index contributed by atoms with van der Waals surface area (Å²) in [7, 11) is -1.09. The molecule has 0 fully saturated rings. The van der Waals surface area contributed by atoms with Gasteiger partial charge in [0.1, 0.15) is 10.7 Å². The number of nitrogens with one attached hydrogen (secondary N) is 4. The summed E-state index contributed by atoms with van der Waals surface area (Å²) >= 11 is 1.86. The molecule has 1 aliphatic rings. The van der Waals surface area contributed by atoms with Crippen LogP contribution in [0.4, 0.5) is 27.2 Å². The maximum atomic E-state index is 12.8. The van der Waals surface area contributed by atoms with Gasteiger partial charge in [-0.05, 0) is 72.8 Å². The summed E-state index contributed by atoms with van der Waals surface area (Å²) in [5.41, 5.74) is 1.12. The van der Waals surface area contributed by atoms with Crippen molar-refractivity contribution in [2.24, 2.45) is 5.16 Å². The number of amides is 6. The van der Waals surface area contributed by atoms with Crippen LogP contribution in [0.2, 0.25) is 0 Å². The van der Waals surface area contributed by atoms with Crippen LogP contribution in [0.15, 0.2) is 118 Å². The molecule has 32 heteroatoms. The minimum absolute atomic E-state index is 0. The van der Waals surface area contributed by atoms with Crippen molar-refractivity contribution in [1.29, 1.82) is 0 Å². The Bertz CT molecular complexity index is 3450. The van der Waals surface area contributed by atoms with Gasteiger partial charge >= 0.3 is 53.5 Å². The van der Waals surface area contributed by atoms with Gasteiger partial charge in [0.2, 0.25) is 34.1 Å². The molecule has 422 valence electrons. The van der Waals surface area contributed by atoms with E-state index in [2.05, 4.69) is 55.5 Å². The Morgan fingerprint density at radius 2 is 1.33 bits per heavy atom. The summed E-state index contributed by atoms with van der Waals surface area (Å²) in [6.07, 6.45) is 0.701. The number of halogens is 1. The van der Waals surface area contributed by atoms with Crippen LogP contribution in [0.25, 0.3) is 4.72 Å². The third-order valence-corrected chi connectivity index (χ3v) is 13.7. The largest absolute Gasteiger partial charge is 1.00 e. The van der Waals surface area contributed by atoms with E-state index in [4.69, 9.17) is 23.8 Å². The summed E-state index contributed by atoms with van der Waals surface area (Å²) in [6.45, 7) is 3.62. The predicted molar refractivity (Wildman–Crippen MR) is 293 cm³/mol. The molecule has 2 aromatic heterocycles. The molecule has 0 radical (unpaired) electrons. The third-order valence-electron chi connectivity index (χ3n) is 10.4. The molecule has 0 unspecified atom stereocenters. The zero-order valence-electron chi connectivity index (χ0n) is 44.6. The number of urea groups is 2. The summed E-state index contributed by atoms with van der Waals surface area (Å²) < 4.78 is 80.5. The zero-order chi connectivity index (χ0) is 58.8. The summed E-state index contributed by atoms with van der Waals surface area (Å²) in [6, 6.07) is 26.1. The number of anilines is 3. The molecule has 4 N–H and O–H groups in total. The molecule has 28 nitrogen and oxygen atoms in total. The molecule has 3 heterocycles. The average Bonchev–Trinajstić information content (AvgIpc) is 4.16. The Labute approximate surface area is 500 Å². The van der Waals surface area contributed by atoms with Crippen LogP contribution < -0.4 is 64.4 Å². The molecule has 6 amide bonds. The van der Waals surface area contributed by atoms with Crippen molar-refractivity contribution in [3.8, 4) is 17.8 Å². The van der Waals surface area contributed by atoms with E-state index in [-0.39, 0.29) is 81.9 Å². The van der Waals surface area contributed by atoms with Gasteiger partial charge in [0.15, 0.2) is 23.3 Å². The second-order valence-corrected chi connectivity index (χ2v) is 20.4. The van der Waals surface area contributed by atoms with Crippen molar-refractivity contribution in [2.45, 2.75) is 35.7 Å². The number of methoxy groups -OCH3 is 4. The molecule has 0 aliphatic carbocycles. The Kier molecular flexibility index (Phi) is 24.2. The first-order chi connectivity index (χ1) is 38.0. The van der Waals surface area contributed by atoms with Gasteiger partial charge < -0.3 is 48.8 Å². The quantitative estimate of drug-likeness (QED) is 0.0441. The van der Waals surface area contributed by atoms with Gasteiger partial charge in [-0.15, -0.1) is 0 Å². The van der Waals surface area contributed by atoms with Crippen LogP contribution in [0.3, 0.4) is 0 Å². The smallest absolute Gasteiger partial charge is 0.481 e. The van der Waals surface area contributed by atoms with E-state index in [1.807, 2.05) is 83.3 Å². The predicted octanol–water partition coefficient (Wildman–Crippen LogP) is 2.42. The maximum Gasteiger partial charge on any atom is 1.00 e. The first-order valence-corrected chi connectivity index (χ1v) is 26.9. The number of aromatic nitrogens is 5. The van der Waals surface area contributed by atoms with Gasteiger partial charge in [0.25, 0.3) is 15.9 Å². The molecule has 0 atom stereocenters. The number of rotatable bonds is 17. The first kappa shape index (κ1) is 65.4. The van der Waals surface area contributed by atoms with E-state index >= 15 is 0 Å². The molecule has 81 heavy (non-hydrogen) atoms. The van der Waals surface area contributed by atoms with Crippen molar-refractivity contribution >= 4 is 102 Å². The number of nitrogens with zero attached hydrogens (tertiary/aromatic N) is 8. The number of oxime groups is 1. The van der Waals surface area contributed by atoms with Crippen molar-refractivity contribution < 1.29 is 104 Å². The molecule has 6 aromatic rings. The fourth-order valence-electron chi connectivity index (χ4n) is 6.81. The van der Waals surface area contributed by atoms with Crippen LogP contribution in [0, 0.1) is 10.5 Å². The molecule has 0 bridgehead atoms. The number of carbonyl (C=O) groups is 6. The van der Waals surface area contributed by atoms with Crippen LogP contribution >= 0.6 is 22.6 Å². The molecule has 1 aliphatic heterocycles. The van der Waals surface area contributed by atoms with Gasteiger partial charge in [0, 0.05) is 34.5 Å². The minimum Gasteiger partial charge on any atom is -0.481 e. The molecular formula is C49H50IN12NaO16S2. The second-order valence-electron chi connectivity index (χ2n) is 15.9. The van der Waals surface area contributed by atoms with Crippen LogP contribution in [0.5, 0.6) is 17.8 Å². The Balaban J connectivity index is 0.000000263. The second kappa shape index (κ2) is 29.9. The molecule has 7 rings (SSSR count). The van der Waals surface area contributed by atoms with Crippen LogP contribution in [-0.4, -0.2) is 138 Å². The number of carbonyl (C=O) groups excluding carboxylic acids is 6. The fraction of sp³-hybridized carbons (Fsp3) is 0.224. The molecule has 4 aromatic carbocycles. The Hall–Kier alpha value is -8.11. The maximum absolute atomic E-state index is 12.8. The number of hydrogen-bond donors (Lipinski definition) is 4. The van der Waals surface area contributed by atoms with Crippen molar-refractivity contribution in [1.82, 2.24) is 34.5 Å². The average molecular weight is 1280 g/mol. The van der Waals surface area contributed by atoms with E-state index in [1.54, 1.807) is 11.6 Å². The topological polar surface area (TPSA) is 368 Å². The zero-order valence-corrected chi connectivity index (χ0v) is 50.4. The number of hydrogen-bond acceptors (Lipinski definition) is 22. The minimum atomic E-state index is -4.54. The van der Waals surface area contributed by atoms with Gasteiger partial charge in [0.05, 0.1) is 63.6 Å². The standard InChI is InChI=1S/C18H17NO3.C17H20N6O7S.C14H14IN5O6S.Na/c1-2-21-17(20)16-13-18(22-19-16,14-9-5-3-6-10-14)15-11-7-4-8-12-15;1-23(2)15(25)11-6-5-10(18-9-24)7-12(11)31(27,28)22-17(26)21-16-19-13(29-3)8-14(20-16)30-4;1-7-16-12(19-14(17-7)26-3)18-13(22)20-27(23,24)10-6-8(15)4-5-9(10)11(21)25-2;/h3-12H,2,13H2,1H3;5-9H,1-4H3,(H,18,24)(H2,19,20,21,22,26);4-6H,1-3H3,(H2,16,17,18,19,20,22);/q;;;+1/p-1. The summed E-state index contributed by atoms with van der Waals surface area (Å²) in [5, 5.41) is 10.6. The number of ether oxygens (including phenoxy) is 5. The number of esters is 2. The van der Waals surface area contributed by atoms with Gasteiger partial charge in [-0.3, -0.25) is 19.7 Å². The number of benzene rings is 4. The van der Waals surface area contributed by atoms with Crippen LogP contribution in [0.1, 0.15) is 51.0 Å². The summed E-state index contributed by atoms with van der Waals surface area (Å²) in [5.74, 6) is -2.07. The Morgan fingerprint density at radius 1 is 0.741 bits per heavy atom. The third kappa shape index (κ3) is 17.7. The first-order valence-electron chi connectivity index (χ1n) is 22.9. The van der Waals surface area contributed by atoms with Crippen molar-refractivity contribution in [3.63, 3.8) is 0 Å². The summed E-state index contributed by atoms with van der Waals surface area (Å²) in [4.78, 5) is 96.3. The molecule has 0 saturated heterocycles. The normalized spacial score (nSPS) is 11.9. The number of sulfonamides is 2. The van der Waals surface area contributed by atoms with Crippen molar-refractivity contribution in [3.05, 3.63) is 139 Å².